The summed E-state index contributed by atoms with van der Waals surface area (Å²) in [4.78, 5) is 0. The minimum absolute atomic E-state index is 0.0403. The number of ether oxygens (including phenoxy) is 4. The zero-order valence-electron chi connectivity index (χ0n) is 9.28. The van der Waals surface area contributed by atoms with E-state index < -0.39 is 30.7 Å². The Balaban J connectivity index is 2.50. The van der Waals surface area contributed by atoms with Gasteiger partial charge >= 0.3 is 0 Å². The lowest BCUT2D eigenvalue weighted by Crippen LogP contribution is -2.59. The summed E-state index contributed by atoms with van der Waals surface area (Å²) in [5.74, 6) is 0. The fourth-order valence-electron chi connectivity index (χ4n) is 1.50. The van der Waals surface area contributed by atoms with Gasteiger partial charge in [0.15, 0.2) is 6.29 Å². The molecule has 96 valence electrons. The maximum Gasteiger partial charge on any atom is 0.186 e. The maximum absolute atomic E-state index is 9.61. The van der Waals surface area contributed by atoms with Gasteiger partial charge in [-0.1, -0.05) is 0 Å². The molecule has 0 aliphatic carbocycles. The van der Waals surface area contributed by atoms with Gasteiger partial charge < -0.3 is 34.3 Å². The minimum Gasteiger partial charge on any atom is -0.387 e. The third kappa shape index (κ3) is 3.11. The van der Waals surface area contributed by atoms with Crippen LogP contribution in [0.3, 0.4) is 0 Å². The highest BCUT2D eigenvalue weighted by Gasteiger charge is 2.43. The molecule has 0 saturated carbocycles. The first-order valence-corrected chi connectivity index (χ1v) is 4.91. The van der Waals surface area contributed by atoms with Gasteiger partial charge in [-0.15, -0.1) is 0 Å². The van der Waals surface area contributed by atoms with Crippen LogP contribution >= 0.6 is 0 Å². The molecule has 0 amide bonds. The second kappa shape index (κ2) is 6.45. The molecule has 7 nitrogen and oxygen atoms in total. The molecule has 0 radical (unpaired) electrons. The van der Waals surface area contributed by atoms with E-state index in [1.54, 1.807) is 0 Å². The van der Waals surface area contributed by atoms with Gasteiger partial charge in [-0.25, -0.2) is 0 Å². The lowest BCUT2D eigenvalue weighted by atomic mass is 9.99. The summed E-state index contributed by atoms with van der Waals surface area (Å²) in [6.07, 6.45) is -5.57. The summed E-state index contributed by atoms with van der Waals surface area (Å²) in [6, 6.07) is 0. The van der Waals surface area contributed by atoms with Gasteiger partial charge in [0.2, 0.25) is 0 Å². The van der Waals surface area contributed by atoms with E-state index >= 15 is 0 Å². The van der Waals surface area contributed by atoms with Gasteiger partial charge in [-0.05, 0) is 0 Å². The molecule has 1 saturated heterocycles. The van der Waals surface area contributed by atoms with Crippen LogP contribution in [-0.2, 0) is 18.9 Å². The van der Waals surface area contributed by atoms with Crippen molar-refractivity contribution in [3.8, 4) is 0 Å². The highest BCUT2D eigenvalue weighted by molar-refractivity contribution is 4.88. The monoisotopic (exact) mass is 238 g/mol. The Bertz CT molecular complexity index is 198. The summed E-state index contributed by atoms with van der Waals surface area (Å²) >= 11 is 0. The van der Waals surface area contributed by atoms with Gasteiger partial charge in [0.1, 0.15) is 31.2 Å². The number of hydrogen-bond acceptors (Lipinski definition) is 7. The van der Waals surface area contributed by atoms with Crippen LogP contribution in [0.25, 0.3) is 0 Å². The van der Waals surface area contributed by atoms with E-state index in [1.165, 1.54) is 14.2 Å². The third-order valence-corrected chi connectivity index (χ3v) is 2.38. The van der Waals surface area contributed by atoms with Gasteiger partial charge in [0.05, 0.1) is 6.61 Å². The largest absolute Gasteiger partial charge is 0.387 e. The zero-order chi connectivity index (χ0) is 12.1. The summed E-state index contributed by atoms with van der Waals surface area (Å²) < 4.78 is 19.7. The summed E-state index contributed by atoms with van der Waals surface area (Å²) in [5, 5.41) is 28.6. The Labute approximate surface area is 93.5 Å². The van der Waals surface area contributed by atoms with E-state index in [0.29, 0.717) is 0 Å². The molecule has 0 spiro atoms. The summed E-state index contributed by atoms with van der Waals surface area (Å²) in [6.45, 7) is 0.0987. The van der Waals surface area contributed by atoms with Crippen molar-refractivity contribution in [2.75, 3.05) is 27.6 Å². The van der Waals surface area contributed by atoms with Crippen LogP contribution in [-0.4, -0.2) is 73.6 Å². The van der Waals surface area contributed by atoms with E-state index in [0.717, 1.165) is 0 Å². The lowest BCUT2D eigenvalue weighted by Gasteiger charge is -2.39. The minimum atomic E-state index is -1.32. The van der Waals surface area contributed by atoms with E-state index in [2.05, 4.69) is 4.74 Å². The molecular formula is C9H18O7. The molecule has 5 unspecified atom stereocenters. The standard InChI is InChI=1S/C9H18O7/c1-13-4-15-3-5-6(10)7(11)8(12)9(14-2)16-5/h5-12H,3-4H2,1-2H3. The highest BCUT2D eigenvalue weighted by Crippen LogP contribution is 2.21. The number of aliphatic hydroxyl groups excluding tert-OH is 3. The van der Waals surface area contributed by atoms with Crippen molar-refractivity contribution >= 4 is 0 Å². The number of rotatable bonds is 5. The molecule has 1 aliphatic rings. The smallest absolute Gasteiger partial charge is 0.186 e. The molecule has 0 bridgehead atoms. The van der Waals surface area contributed by atoms with Crippen LogP contribution in [0.15, 0.2) is 0 Å². The van der Waals surface area contributed by atoms with E-state index in [-0.39, 0.29) is 13.4 Å². The molecule has 1 heterocycles. The van der Waals surface area contributed by atoms with Crippen LogP contribution in [0.5, 0.6) is 0 Å². The molecule has 1 aliphatic heterocycles. The van der Waals surface area contributed by atoms with Crippen LogP contribution in [0.2, 0.25) is 0 Å². The molecule has 5 atom stereocenters. The van der Waals surface area contributed by atoms with Gasteiger partial charge in [0.25, 0.3) is 0 Å². The van der Waals surface area contributed by atoms with Crippen molar-refractivity contribution in [2.24, 2.45) is 0 Å². The van der Waals surface area contributed by atoms with Gasteiger partial charge in [-0.2, -0.15) is 0 Å². The van der Waals surface area contributed by atoms with E-state index in [4.69, 9.17) is 14.2 Å². The van der Waals surface area contributed by atoms with Crippen molar-refractivity contribution in [1.82, 2.24) is 0 Å². The number of methoxy groups -OCH3 is 2. The fourth-order valence-corrected chi connectivity index (χ4v) is 1.50. The van der Waals surface area contributed by atoms with Crippen molar-refractivity contribution in [1.29, 1.82) is 0 Å². The second-order valence-corrected chi connectivity index (χ2v) is 3.53. The third-order valence-electron chi connectivity index (χ3n) is 2.38. The predicted molar refractivity (Wildman–Crippen MR) is 51.5 cm³/mol. The van der Waals surface area contributed by atoms with Crippen molar-refractivity contribution in [3.05, 3.63) is 0 Å². The van der Waals surface area contributed by atoms with Crippen LogP contribution in [0.1, 0.15) is 0 Å². The Morgan fingerprint density at radius 1 is 1.06 bits per heavy atom. The molecule has 0 aromatic rings. The van der Waals surface area contributed by atoms with Crippen LogP contribution in [0.4, 0.5) is 0 Å². The average molecular weight is 238 g/mol. The number of aliphatic hydroxyl groups is 3. The van der Waals surface area contributed by atoms with Crippen molar-refractivity contribution < 1.29 is 34.3 Å². The molecule has 7 heteroatoms. The van der Waals surface area contributed by atoms with Crippen molar-refractivity contribution in [3.63, 3.8) is 0 Å². The Hall–Kier alpha value is -0.280. The van der Waals surface area contributed by atoms with Crippen LogP contribution < -0.4 is 0 Å². The average Bonchev–Trinajstić information content (AvgIpc) is 2.29. The SMILES string of the molecule is COCOCC1OC(OC)C(O)C(O)C1O. The topological polar surface area (TPSA) is 97.6 Å². The van der Waals surface area contributed by atoms with Gasteiger partial charge in [-0.3, -0.25) is 0 Å². The fraction of sp³-hybridized carbons (Fsp3) is 1.00. The van der Waals surface area contributed by atoms with Gasteiger partial charge in [0, 0.05) is 14.2 Å². The van der Waals surface area contributed by atoms with Crippen LogP contribution in [0, 0.1) is 0 Å². The quantitative estimate of drug-likeness (QED) is 0.378. The van der Waals surface area contributed by atoms with E-state index in [1.807, 2.05) is 0 Å². The van der Waals surface area contributed by atoms with Crippen molar-refractivity contribution in [2.45, 2.75) is 30.7 Å². The molecule has 1 fully saturated rings. The normalized spacial score (nSPS) is 39.9. The molecular weight excluding hydrogens is 220 g/mol. The Morgan fingerprint density at radius 3 is 2.31 bits per heavy atom. The summed E-state index contributed by atoms with van der Waals surface area (Å²) in [5.41, 5.74) is 0. The first-order valence-electron chi connectivity index (χ1n) is 4.91. The Kier molecular flexibility index (Phi) is 5.56. The van der Waals surface area contributed by atoms with E-state index in [9.17, 15) is 15.3 Å². The number of hydrogen-bond donors (Lipinski definition) is 3. The molecule has 1 rings (SSSR count). The lowest BCUT2D eigenvalue weighted by molar-refractivity contribution is -0.298. The predicted octanol–water partition coefficient (Wildman–Crippen LogP) is -1.94. The molecule has 0 aromatic heterocycles. The first-order chi connectivity index (χ1) is 7.61. The first kappa shape index (κ1) is 13.8. The maximum atomic E-state index is 9.61. The molecule has 16 heavy (non-hydrogen) atoms. The summed E-state index contributed by atoms with van der Waals surface area (Å²) in [7, 11) is 2.81. The highest BCUT2D eigenvalue weighted by atomic mass is 16.7. The second-order valence-electron chi connectivity index (χ2n) is 3.53. The Morgan fingerprint density at radius 2 is 1.75 bits per heavy atom. The zero-order valence-corrected chi connectivity index (χ0v) is 9.28. The molecule has 0 aromatic carbocycles. The molecule has 3 N–H and O–H groups in total.